The third-order valence-corrected chi connectivity index (χ3v) is 0. The molecule has 0 aromatic heterocycles. The maximum Gasteiger partial charge on any atom is 2.00 e. The van der Waals surface area contributed by atoms with Crippen molar-refractivity contribution in [1.29, 1.82) is 0 Å². The van der Waals surface area contributed by atoms with E-state index in [0.29, 0.717) is 0 Å². The second kappa shape index (κ2) is 32.8. The van der Waals surface area contributed by atoms with Gasteiger partial charge in [-0.05, 0) is 0 Å². The van der Waals surface area contributed by atoms with E-state index < -0.39 is 31.2 Å². The molecule has 22 heteroatoms. The van der Waals surface area contributed by atoms with Gasteiger partial charge in [-0.25, -0.2) is 0 Å². The van der Waals surface area contributed by atoms with E-state index in [1.54, 1.807) is 0 Å². The Morgan fingerprint density at radius 2 is 0.364 bits per heavy atom. The Kier molecular flexibility index (Phi) is 93.9. The minimum absolute atomic E-state index is 0. The quantitative estimate of drug-likeness (QED) is 0.156. The van der Waals surface area contributed by atoms with Crippen LogP contribution in [0.3, 0.4) is 0 Å². The minimum Gasteiger partial charge on any atom is -0.759 e. The van der Waals surface area contributed by atoms with Gasteiger partial charge in [-0.2, -0.15) is 0 Å². The molecule has 0 aromatic rings. The van der Waals surface area contributed by atoms with E-state index in [-0.39, 0.29) is 232 Å². The van der Waals surface area contributed by atoms with Gasteiger partial charge in [0.25, 0.3) is 0 Å². The number of hydrogen-bond donors (Lipinski definition) is 0. The van der Waals surface area contributed by atoms with Crippen molar-refractivity contribution in [1.82, 2.24) is 0 Å². The Hall–Kier alpha value is 7.13. The van der Waals surface area contributed by atoms with Gasteiger partial charge in [0.2, 0.25) is 0 Å². The second-order valence-corrected chi connectivity index (χ2v) is 3.67. The van der Waals surface area contributed by atoms with Gasteiger partial charge >= 0.3 is 226 Å². The summed E-state index contributed by atoms with van der Waals surface area (Å²) >= 11 is 0. The molecular formula is H2Ca6O13S3+6. The van der Waals surface area contributed by atoms with Crippen LogP contribution in [0.2, 0.25) is 0 Å². The van der Waals surface area contributed by atoms with Crippen LogP contribution in [0.5, 0.6) is 0 Å². The molecule has 0 bridgehead atoms. The van der Waals surface area contributed by atoms with Crippen LogP contribution in [0, 0.1) is 0 Å². The van der Waals surface area contributed by atoms with Gasteiger partial charge in [0.15, 0.2) is 0 Å². The number of hydrogen-bond acceptors (Lipinski definition) is 12. The topological polar surface area (TPSA) is 272 Å². The van der Waals surface area contributed by atoms with Crippen LogP contribution >= 0.6 is 0 Å². The Morgan fingerprint density at radius 1 is 0.364 bits per heavy atom. The van der Waals surface area contributed by atoms with Crippen molar-refractivity contribution < 1.29 is 58.0 Å². The van der Waals surface area contributed by atoms with Crippen molar-refractivity contribution >= 4 is 258 Å². The first-order valence-electron chi connectivity index (χ1n) is 2.00. The normalized spacial score (nSPS) is 7.91. The molecule has 0 aliphatic rings. The standard InChI is InChI=1S/6Ca.3H2O4S.H2O/c;;;;;;3*1-5(2,3)4;/h;;;;;;3*(H2,1,2,3,4);1H2/q6*+2;;;;/p-6. The van der Waals surface area contributed by atoms with Gasteiger partial charge in [-0.1, -0.05) is 0 Å². The van der Waals surface area contributed by atoms with E-state index in [0.717, 1.165) is 0 Å². The molecule has 0 amide bonds. The van der Waals surface area contributed by atoms with Crippen molar-refractivity contribution in [2.75, 3.05) is 0 Å². The predicted octanol–water partition coefficient (Wildman–Crippen LogP) is -7.12. The molecule has 0 saturated carbocycles. The molecule has 0 fully saturated rings. The molecule has 0 heterocycles. The van der Waals surface area contributed by atoms with Crippen molar-refractivity contribution in [3.63, 3.8) is 0 Å². The number of rotatable bonds is 0. The summed E-state index contributed by atoms with van der Waals surface area (Å²) in [6, 6.07) is 0. The fourth-order valence-corrected chi connectivity index (χ4v) is 0. The zero-order valence-corrected chi connectivity index (χ0v) is 26.6. The largest absolute Gasteiger partial charge is 2.00 e. The summed E-state index contributed by atoms with van der Waals surface area (Å²) in [6.07, 6.45) is 0. The smallest absolute Gasteiger partial charge is 0.759 e. The summed E-state index contributed by atoms with van der Waals surface area (Å²) in [5.74, 6) is 0. The molecule has 0 spiro atoms. The van der Waals surface area contributed by atoms with Gasteiger partial charge in [-0.15, -0.1) is 0 Å². The zero-order chi connectivity index (χ0) is 13.5. The van der Waals surface area contributed by atoms with Crippen LogP contribution in [0.15, 0.2) is 0 Å². The van der Waals surface area contributed by atoms with E-state index in [9.17, 15) is 0 Å². The minimum atomic E-state index is -5.17. The van der Waals surface area contributed by atoms with E-state index in [4.69, 9.17) is 52.6 Å². The van der Waals surface area contributed by atoms with Gasteiger partial charge in [0.05, 0.1) is 0 Å². The van der Waals surface area contributed by atoms with Gasteiger partial charge < -0.3 is 32.8 Å². The maximum absolute atomic E-state index is 8.52. The SMILES string of the molecule is O.O=S(=O)([O-])[O-].O=S(=O)([O-])[O-].O=S(=O)([O-])[O-].[Ca+2].[Ca+2].[Ca+2].[Ca+2].[Ca+2].[Ca+2]. The second-order valence-electron chi connectivity index (χ2n) is 1.22. The first kappa shape index (κ1) is 63.0. The first-order chi connectivity index (χ1) is 6.00. The van der Waals surface area contributed by atoms with E-state index in [1.807, 2.05) is 0 Å². The third kappa shape index (κ3) is 364. The summed E-state index contributed by atoms with van der Waals surface area (Å²) < 4.78 is 102. The molecule has 104 valence electrons. The predicted molar refractivity (Wildman–Crippen MR) is 69.6 cm³/mol. The summed E-state index contributed by atoms with van der Waals surface area (Å²) in [4.78, 5) is 0. The van der Waals surface area contributed by atoms with Crippen molar-refractivity contribution in [2.24, 2.45) is 0 Å². The summed E-state index contributed by atoms with van der Waals surface area (Å²) in [5, 5.41) is 0. The fourth-order valence-electron chi connectivity index (χ4n) is 0. The monoisotopic (exact) mass is 546 g/mol. The summed E-state index contributed by atoms with van der Waals surface area (Å²) in [6.45, 7) is 0. The van der Waals surface area contributed by atoms with Crippen molar-refractivity contribution in [3.8, 4) is 0 Å². The molecule has 0 rings (SSSR count). The van der Waals surface area contributed by atoms with E-state index in [2.05, 4.69) is 0 Å². The average Bonchev–Trinajstić information content (AvgIpc) is 1.41. The van der Waals surface area contributed by atoms with Crippen LogP contribution in [0.1, 0.15) is 0 Å². The molecule has 0 radical (unpaired) electrons. The molecule has 13 nitrogen and oxygen atoms in total. The molecule has 0 saturated heterocycles. The van der Waals surface area contributed by atoms with Crippen LogP contribution < -0.4 is 0 Å². The Balaban J connectivity index is -0.0000000106. The third-order valence-electron chi connectivity index (χ3n) is 0. The summed E-state index contributed by atoms with van der Waals surface area (Å²) in [7, 11) is -15.5. The zero-order valence-electron chi connectivity index (χ0n) is 10.9. The van der Waals surface area contributed by atoms with Gasteiger partial charge in [0, 0.05) is 31.2 Å². The molecule has 0 atom stereocenters. The molecular weight excluding hydrogens is 545 g/mol. The van der Waals surface area contributed by atoms with E-state index in [1.165, 1.54) is 0 Å². The Bertz CT molecular complexity index is 351. The molecule has 0 unspecified atom stereocenters. The molecule has 0 aromatic carbocycles. The molecule has 2 N–H and O–H groups in total. The first-order valence-corrected chi connectivity index (χ1v) is 6.00. The van der Waals surface area contributed by atoms with Gasteiger partial charge in [-0.3, -0.25) is 25.3 Å². The molecule has 22 heavy (non-hydrogen) atoms. The molecule has 0 aliphatic carbocycles. The Morgan fingerprint density at radius 3 is 0.364 bits per heavy atom. The van der Waals surface area contributed by atoms with Crippen molar-refractivity contribution in [3.05, 3.63) is 0 Å². The summed E-state index contributed by atoms with van der Waals surface area (Å²) in [5.41, 5.74) is 0. The maximum atomic E-state index is 8.52. The van der Waals surface area contributed by atoms with Crippen LogP contribution in [-0.4, -0.2) is 284 Å². The van der Waals surface area contributed by atoms with Crippen LogP contribution in [0.25, 0.3) is 0 Å². The van der Waals surface area contributed by atoms with Crippen molar-refractivity contribution in [2.45, 2.75) is 0 Å². The average molecular weight is 547 g/mol. The fraction of sp³-hybridized carbons (Fsp3) is 0. The van der Waals surface area contributed by atoms with E-state index >= 15 is 0 Å². The van der Waals surface area contributed by atoms with Crippen LogP contribution in [-0.2, 0) is 31.2 Å². The molecule has 0 aliphatic heterocycles. The Labute approximate surface area is 306 Å². The van der Waals surface area contributed by atoms with Gasteiger partial charge in [0.1, 0.15) is 0 Å². The van der Waals surface area contributed by atoms with Crippen LogP contribution in [0.4, 0.5) is 0 Å².